The van der Waals surface area contributed by atoms with Gasteiger partial charge in [0.05, 0.1) is 19.8 Å². The largest absolute Gasteiger partial charge is 0.497 e. The summed E-state index contributed by atoms with van der Waals surface area (Å²) in [4.78, 5) is 12.3. The number of hydrogen-bond acceptors (Lipinski definition) is 4. The van der Waals surface area contributed by atoms with E-state index in [0.29, 0.717) is 22.8 Å². The molecule has 0 saturated carbocycles. The number of aryl methyl sites for hydroxylation is 2. The summed E-state index contributed by atoms with van der Waals surface area (Å²) in [5, 5.41) is 0. The predicted molar refractivity (Wildman–Crippen MR) is 97.5 cm³/mol. The summed E-state index contributed by atoms with van der Waals surface area (Å²) in [5.74, 6) is 1.55. The quantitative estimate of drug-likeness (QED) is 0.617. The first kappa shape index (κ1) is 16.8. The lowest BCUT2D eigenvalue weighted by molar-refractivity contribution is -0.130. The van der Waals surface area contributed by atoms with E-state index >= 15 is 0 Å². The Labute approximate surface area is 147 Å². The van der Waals surface area contributed by atoms with Crippen LogP contribution in [0.2, 0.25) is 0 Å². The van der Waals surface area contributed by atoms with Crippen molar-refractivity contribution in [2.24, 2.45) is 0 Å². The Balaban J connectivity index is 2.03. The van der Waals surface area contributed by atoms with Crippen LogP contribution in [0, 0.1) is 13.8 Å². The van der Waals surface area contributed by atoms with Crippen LogP contribution in [0.3, 0.4) is 0 Å². The van der Waals surface area contributed by atoms with Crippen LogP contribution in [-0.4, -0.2) is 20.2 Å². The van der Waals surface area contributed by atoms with E-state index in [9.17, 15) is 4.79 Å². The standard InChI is InChI=1S/C21H20O4/c1-13-5-6-14(2)18(9-13)20-12-16(21(22)25-20)10-15-11-17(23-3)7-8-19(15)24-4/h5-12H,1-4H3/b16-10+. The number of carbonyl (C=O) groups excluding carboxylic acids is 1. The van der Waals surface area contributed by atoms with Crippen molar-refractivity contribution in [2.75, 3.05) is 14.2 Å². The van der Waals surface area contributed by atoms with Gasteiger partial charge in [0.2, 0.25) is 0 Å². The van der Waals surface area contributed by atoms with Gasteiger partial charge in [0, 0.05) is 11.1 Å². The maximum atomic E-state index is 12.3. The molecule has 0 spiro atoms. The molecular weight excluding hydrogens is 316 g/mol. The molecule has 4 nitrogen and oxygen atoms in total. The minimum Gasteiger partial charge on any atom is -0.497 e. The van der Waals surface area contributed by atoms with Gasteiger partial charge in [-0.15, -0.1) is 0 Å². The SMILES string of the molecule is COc1ccc(OC)c(/C=C2\C=C(c3cc(C)ccc3C)OC2=O)c1. The minimum atomic E-state index is -0.374. The molecule has 1 aliphatic rings. The Morgan fingerprint density at radius 2 is 1.80 bits per heavy atom. The molecular formula is C21H20O4. The maximum Gasteiger partial charge on any atom is 0.343 e. The molecule has 0 atom stereocenters. The lowest BCUT2D eigenvalue weighted by atomic mass is 10.0. The zero-order chi connectivity index (χ0) is 18.0. The van der Waals surface area contributed by atoms with Crippen LogP contribution in [0.5, 0.6) is 11.5 Å². The lowest BCUT2D eigenvalue weighted by Gasteiger charge is -2.07. The van der Waals surface area contributed by atoms with Crippen molar-refractivity contribution in [3.63, 3.8) is 0 Å². The normalized spacial score (nSPS) is 15.1. The monoisotopic (exact) mass is 336 g/mol. The van der Waals surface area contributed by atoms with Gasteiger partial charge >= 0.3 is 5.97 Å². The lowest BCUT2D eigenvalue weighted by Crippen LogP contribution is -1.98. The highest BCUT2D eigenvalue weighted by atomic mass is 16.5. The predicted octanol–water partition coefficient (Wildman–Crippen LogP) is 4.30. The van der Waals surface area contributed by atoms with Gasteiger partial charge in [-0.3, -0.25) is 0 Å². The van der Waals surface area contributed by atoms with Gasteiger partial charge in [-0.05, 0) is 55.8 Å². The van der Waals surface area contributed by atoms with E-state index in [0.717, 1.165) is 22.3 Å². The summed E-state index contributed by atoms with van der Waals surface area (Å²) in [7, 11) is 3.19. The fraction of sp³-hybridized carbons (Fsp3) is 0.190. The van der Waals surface area contributed by atoms with Crippen LogP contribution in [0.15, 0.2) is 48.0 Å². The number of ether oxygens (including phenoxy) is 3. The van der Waals surface area contributed by atoms with E-state index in [1.165, 1.54) is 0 Å². The van der Waals surface area contributed by atoms with Crippen LogP contribution in [0.25, 0.3) is 11.8 Å². The first-order valence-corrected chi connectivity index (χ1v) is 7.97. The average molecular weight is 336 g/mol. The van der Waals surface area contributed by atoms with Crippen LogP contribution in [0.1, 0.15) is 22.3 Å². The second-order valence-electron chi connectivity index (χ2n) is 5.92. The molecule has 0 amide bonds. The number of hydrogen-bond donors (Lipinski definition) is 0. The van der Waals surface area contributed by atoms with Gasteiger partial charge in [0.15, 0.2) is 0 Å². The maximum absolute atomic E-state index is 12.3. The molecule has 4 heteroatoms. The Morgan fingerprint density at radius 3 is 2.52 bits per heavy atom. The van der Waals surface area contributed by atoms with Crippen molar-refractivity contribution in [1.29, 1.82) is 0 Å². The summed E-state index contributed by atoms with van der Waals surface area (Å²) in [5.41, 5.74) is 4.33. The molecule has 128 valence electrons. The highest BCUT2D eigenvalue weighted by molar-refractivity contribution is 6.05. The topological polar surface area (TPSA) is 44.8 Å². The van der Waals surface area contributed by atoms with Crippen molar-refractivity contribution in [1.82, 2.24) is 0 Å². The second-order valence-corrected chi connectivity index (χ2v) is 5.92. The summed E-state index contributed by atoms with van der Waals surface area (Å²) >= 11 is 0. The van der Waals surface area contributed by atoms with E-state index in [2.05, 4.69) is 0 Å². The number of rotatable bonds is 4. The smallest absolute Gasteiger partial charge is 0.343 e. The molecule has 3 rings (SSSR count). The molecule has 2 aromatic carbocycles. The molecule has 0 N–H and O–H groups in total. The molecule has 0 unspecified atom stereocenters. The fourth-order valence-corrected chi connectivity index (χ4v) is 2.74. The summed E-state index contributed by atoms with van der Waals surface area (Å²) in [6.45, 7) is 4.01. The number of carbonyl (C=O) groups is 1. The van der Waals surface area contributed by atoms with Gasteiger partial charge < -0.3 is 14.2 Å². The van der Waals surface area contributed by atoms with E-state index in [-0.39, 0.29) is 5.97 Å². The Kier molecular flexibility index (Phi) is 4.61. The first-order valence-electron chi connectivity index (χ1n) is 7.97. The third kappa shape index (κ3) is 3.43. The van der Waals surface area contributed by atoms with E-state index < -0.39 is 0 Å². The van der Waals surface area contributed by atoms with E-state index in [1.54, 1.807) is 32.4 Å². The van der Waals surface area contributed by atoms with E-state index in [4.69, 9.17) is 14.2 Å². The molecule has 0 radical (unpaired) electrons. The highest BCUT2D eigenvalue weighted by Crippen LogP contribution is 2.32. The van der Waals surface area contributed by atoms with Gasteiger partial charge in [-0.2, -0.15) is 0 Å². The fourth-order valence-electron chi connectivity index (χ4n) is 2.74. The summed E-state index contributed by atoms with van der Waals surface area (Å²) in [6.07, 6.45) is 3.52. The van der Waals surface area contributed by atoms with Gasteiger partial charge in [0.1, 0.15) is 17.3 Å². The molecule has 1 aliphatic heterocycles. The van der Waals surface area contributed by atoms with Crippen molar-refractivity contribution in [3.05, 3.63) is 70.3 Å². The summed E-state index contributed by atoms with van der Waals surface area (Å²) < 4.78 is 16.1. The minimum absolute atomic E-state index is 0.374. The molecule has 0 fully saturated rings. The first-order chi connectivity index (χ1) is 12.0. The molecule has 0 saturated heterocycles. The Morgan fingerprint density at radius 1 is 1.00 bits per heavy atom. The number of cyclic esters (lactones) is 1. The zero-order valence-electron chi connectivity index (χ0n) is 14.8. The number of esters is 1. The Hall–Kier alpha value is -3.01. The molecule has 0 bridgehead atoms. The van der Waals surface area contributed by atoms with E-state index in [1.807, 2.05) is 44.2 Å². The second kappa shape index (κ2) is 6.85. The van der Waals surface area contributed by atoms with Crippen LogP contribution in [0.4, 0.5) is 0 Å². The number of methoxy groups -OCH3 is 2. The Bertz CT molecular complexity index is 891. The van der Waals surface area contributed by atoms with Gasteiger partial charge in [-0.25, -0.2) is 4.79 Å². The average Bonchev–Trinajstić information content (AvgIpc) is 2.97. The molecule has 2 aromatic rings. The van der Waals surface area contributed by atoms with Crippen LogP contribution in [-0.2, 0) is 9.53 Å². The van der Waals surface area contributed by atoms with Crippen molar-refractivity contribution < 1.29 is 19.0 Å². The third-order valence-corrected chi connectivity index (χ3v) is 4.13. The van der Waals surface area contributed by atoms with Crippen LogP contribution < -0.4 is 9.47 Å². The van der Waals surface area contributed by atoms with Gasteiger partial charge in [-0.1, -0.05) is 17.7 Å². The number of benzene rings is 2. The molecule has 1 heterocycles. The molecule has 0 aliphatic carbocycles. The van der Waals surface area contributed by atoms with Crippen molar-refractivity contribution in [3.8, 4) is 11.5 Å². The van der Waals surface area contributed by atoms with Crippen molar-refractivity contribution >= 4 is 17.8 Å². The third-order valence-electron chi connectivity index (χ3n) is 4.13. The van der Waals surface area contributed by atoms with Crippen molar-refractivity contribution in [2.45, 2.75) is 13.8 Å². The molecule has 25 heavy (non-hydrogen) atoms. The summed E-state index contributed by atoms with van der Waals surface area (Å²) in [6, 6.07) is 11.5. The zero-order valence-corrected chi connectivity index (χ0v) is 14.8. The highest BCUT2D eigenvalue weighted by Gasteiger charge is 2.23. The van der Waals surface area contributed by atoms with Gasteiger partial charge in [0.25, 0.3) is 0 Å². The molecule has 0 aromatic heterocycles. The van der Waals surface area contributed by atoms with Crippen LogP contribution >= 0.6 is 0 Å².